The maximum atomic E-state index is 13.2. The highest BCUT2D eigenvalue weighted by Crippen LogP contribution is 2.30. The summed E-state index contributed by atoms with van der Waals surface area (Å²) in [7, 11) is 0. The van der Waals surface area contributed by atoms with E-state index in [1.54, 1.807) is 6.92 Å². The van der Waals surface area contributed by atoms with E-state index in [-0.39, 0.29) is 25.6 Å². The third kappa shape index (κ3) is 4.74. The lowest BCUT2D eigenvalue weighted by Crippen LogP contribution is -2.59. The van der Waals surface area contributed by atoms with Crippen LogP contribution in [0.1, 0.15) is 40.0 Å². The van der Waals surface area contributed by atoms with Crippen LogP contribution in [0.3, 0.4) is 0 Å². The molecule has 0 rings (SSSR count). The number of aliphatic hydroxyl groups excluding tert-OH is 1. The number of alkyl halides is 3. The van der Waals surface area contributed by atoms with Gasteiger partial charge in [0.1, 0.15) is 6.04 Å². The molecule has 0 aromatic carbocycles. The minimum absolute atomic E-state index is 0.00419. The first-order valence-electron chi connectivity index (χ1n) is 6.52. The van der Waals surface area contributed by atoms with E-state index >= 15 is 0 Å². The van der Waals surface area contributed by atoms with Crippen LogP contribution >= 0.6 is 0 Å². The van der Waals surface area contributed by atoms with Gasteiger partial charge in [-0.25, -0.2) is 0 Å². The van der Waals surface area contributed by atoms with Gasteiger partial charge in [-0.1, -0.05) is 20.8 Å². The van der Waals surface area contributed by atoms with Crippen LogP contribution in [-0.2, 0) is 0 Å². The smallest absolute Gasteiger partial charge is 0.395 e. The molecule has 0 heterocycles. The van der Waals surface area contributed by atoms with E-state index in [0.717, 1.165) is 0 Å². The fourth-order valence-electron chi connectivity index (χ4n) is 2.32. The van der Waals surface area contributed by atoms with Gasteiger partial charge in [0, 0.05) is 18.6 Å². The van der Waals surface area contributed by atoms with E-state index in [2.05, 4.69) is 0 Å². The maximum absolute atomic E-state index is 13.2. The molecule has 0 bridgehead atoms. The molecule has 2 atom stereocenters. The Bertz CT molecular complexity index is 220. The number of hydrogen-bond donors (Lipinski definition) is 2. The normalized spacial score (nSPS) is 16.3. The second kappa shape index (κ2) is 7.96. The Kier molecular flexibility index (Phi) is 7.82. The number of halogens is 3. The number of aliphatic hydroxyl groups is 1. The fourth-order valence-corrected chi connectivity index (χ4v) is 2.32. The zero-order valence-corrected chi connectivity index (χ0v) is 11.4. The van der Waals surface area contributed by atoms with Gasteiger partial charge in [-0.05, 0) is 19.3 Å². The van der Waals surface area contributed by atoms with Crippen molar-refractivity contribution in [1.82, 2.24) is 4.90 Å². The molecule has 0 aliphatic carbocycles. The van der Waals surface area contributed by atoms with Crippen molar-refractivity contribution in [2.75, 3.05) is 13.2 Å². The van der Waals surface area contributed by atoms with Gasteiger partial charge in [0.25, 0.3) is 0 Å². The summed E-state index contributed by atoms with van der Waals surface area (Å²) in [5, 5.41) is 9.00. The Hall–Kier alpha value is -0.330. The zero-order chi connectivity index (χ0) is 14.3. The molecule has 0 saturated carbocycles. The highest BCUT2D eigenvalue weighted by atomic mass is 19.4. The Labute approximate surface area is 107 Å². The highest BCUT2D eigenvalue weighted by Gasteiger charge is 2.47. The van der Waals surface area contributed by atoms with Gasteiger partial charge < -0.3 is 10.8 Å². The molecule has 18 heavy (non-hydrogen) atoms. The molecule has 2 unspecified atom stereocenters. The van der Waals surface area contributed by atoms with Crippen molar-refractivity contribution >= 4 is 0 Å². The Morgan fingerprint density at radius 2 is 1.61 bits per heavy atom. The van der Waals surface area contributed by atoms with Crippen molar-refractivity contribution in [1.29, 1.82) is 0 Å². The zero-order valence-electron chi connectivity index (χ0n) is 11.4. The third-order valence-electron chi connectivity index (χ3n) is 3.34. The lowest BCUT2D eigenvalue weighted by atomic mass is 10.00. The predicted octanol–water partition coefficient (Wildman–Crippen LogP) is 2.14. The van der Waals surface area contributed by atoms with Crippen molar-refractivity contribution in [2.24, 2.45) is 5.73 Å². The van der Waals surface area contributed by atoms with Crippen LogP contribution in [0.4, 0.5) is 13.2 Å². The van der Waals surface area contributed by atoms with Crippen LogP contribution in [0.5, 0.6) is 0 Å². The van der Waals surface area contributed by atoms with Crippen molar-refractivity contribution < 1.29 is 18.3 Å². The lowest BCUT2D eigenvalue weighted by Gasteiger charge is -2.40. The van der Waals surface area contributed by atoms with Crippen molar-refractivity contribution in [3.8, 4) is 0 Å². The minimum atomic E-state index is -4.37. The molecule has 0 aromatic rings. The molecule has 0 aromatic heterocycles. The molecular formula is C12H25F3N2O. The molecule has 0 saturated heterocycles. The van der Waals surface area contributed by atoms with E-state index in [4.69, 9.17) is 10.8 Å². The second-order valence-electron chi connectivity index (χ2n) is 4.49. The van der Waals surface area contributed by atoms with Crippen LogP contribution in [-0.4, -0.2) is 47.5 Å². The highest BCUT2D eigenvalue weighted by molar-refractivity contribution is 4.90. The van der Waals surface area contributed by atoms with Crippen LogP contribution in [0.15, 0.2) is 0 Å². The molecular weight excluding hydrogens is 245 g/mol. The van der Waals surface area contributed by atoms with E-state index in [1.807, 2.05) is 13.8 Å². The van der Waals surface area contributed by atoms with E-state index in [1.165, 1.54) is 4.90 Å². The van der Waals surface area contributed by atoms with Gasteiger partial charge >= 0.3 is 6.18 Å². The Balaban J connectivity index is 5.20. The topological polar surface area (TPSA) is 49.5 Å². The number of rotatable bonds is 8. The largest absolute Gasteiger partial charge is 0.405 e. The summed E-state index contributed by atoms with van der Waals surface area (Å²) in [5.41, 5.74) is 5.64. The summed E-state index contributed by atoms with van der Waals surface area (Å²) in [6.45, 7) is 5.06. The molecule has 6 heteroatoms. The number of nitrogens with two attached hydrogens (primary N) is 1. The molecule has 110 valence electrons. The van der Waals surface area contributed by atoms with Gasteiger partial charge in [0.05, 0.1) is 6.61 Å². The van der Waals surface area contributed by atoms with Gasteiger partial charge in [0.15, 0.2) is 0 Å². The Morgan fingerprint density at radius 1 is 1.11 bits per heavy atom. The molecule has 0 amide bonds. The van der Waals surface area contributed by atoms with E-state index < -0.39 is 18.3 Å². The lowest BCUT2D eigenvalue weighted by molar-refractivity contribution is -0.197. The van der Waals surface area contributed by atoms with Crippen molar-refractivity contribution in [2.45, 2.75) is 64.3 Å². The summed E-state index contributed by atoms with van der Waals surface area (Å²) >= 11 is 0. The first-order valence-corrected chi connectivity index (χ1v) is 6.52. The standard InChI is InChI=1S/C12H25F3N2O/c1-4-9(5-2)17(7-8-18)11(10(16)6-3)12(13,14)15/h9-11,18H,4-8,16H2,1-3H3. The second-order valence-corrected chi connectivity index (χ2v) is 4.49. The van der Waals surface area contributed by atoms with Gasteiger partial charge in [-0.15, -0.1) is 0 Å². The van der Waals surface area contributed by atoms with Crippen molar-refractivity contribution in [3.63, 3.8) is 0 Å². The van der Waals surface area contributed by atoms with E-state index in [9.17, 15) is 13.2 Å². The fraction of sp³-hybridized carbons (Fsp3) is 1.00. The van der Waals surface area contributed by atoms with Crippen LogP contribution in [0, 0.1) is 0 Å². The first kappa shape index (κ1) is 17.7. The SMILES string of the molecule is CCC(N)C(N(CCO)C(CC)CC)C(F)(F)F. The molecule has 3 N–H and O–H groups in total. The molecule has 0 aliphatic heterocycles. The van der Waals surface area contributed by atoms with Gasteiger partial charge in [0.2, 0.25) is 0 Å². The predicted molar refractivity (Wildman–Crippen MR) is 66.3 cm³/mol. The van der Waals surface area contributed by atoms with Crippen LogP contribution in [0.25, 0.3) is 0 Å². The summed E-state index contributed by atoms with van der Waals surface area (Å²) in [4.78, 5) is 1.31. The average Bonchev–Trinajstić information content (AvgIpc) is 2.28. The summed E-state index contributed by atoms with van der Waals surface area (Å²) in [5.74, 6) is 0. The van der Waals surface area contributed by atoms with Gasteiger partial charge in [-0.2, -0.15) is 13.2 Å². The van der Waals surface area contributed by atoms with E-state index in [0.29, 0.717) is 12.8 Å². The minimum Gasteiger partial charge on any atom is -0.395 e. The molecule has 3 nitrogen and oxygen atoms in total. The molecule has 0 aliphatic rings. The number of nitrogens with zero attached hydrogens (tertiary/aromatic N) is 1. The molecule has 0 fully saturated rings. The summed E-state index contributed by atoms with van der Waals surface area (Å²) in [6.07, 6.45) is -2.89. The monoisotopic (exact) mass is 270 g/mol. The van der Waals surface area contributed by atoms with Gasteiger partial charge in [-0.3, -0.25) is 4.90 Å². The third-order valence-corrected chi connectivity index (χ3v) is 3.34. The average molecular weight is 270 g/mol. The maximum Gasteiger partial charge on any atom is 0.405 e. The Morgan fingerprint density at radius 3 is 1.89 bits per heavy atom. The van der Waals surface area contributed by atoms with Crippen molar-refractivity contribution in [3.05, 3.63) is 0 Å². The number of hydrogen-bond acceptors (Lipinski definition) is 3. The summed E-state index contributed by atoms with van der Waals surface area (Å²) < 4.78 is 39.5. The quantitative estimate of drug-likeness (QED) is 0.710. The van der Waals surface area contributed by atoms with Crippen LogP contribution < -0.4 is 5.73 Å². The molecule has 0 spiro atoms. The summed E-state index contributed by atoms with van der Waals surface area (Å²) in [6, 6.07) is -2.85. The van der Waals surface area contributed by atoms with Crippen LogP contribution in [0.2, 0.25) is 0 Å². The first-order chi connectivity index (χ1) is 8.33. The molecule has 0 radical (unpaired) electrons.